The number of imidazole rings is 1. The van der Waals surface area contributed by atoms with Gasteiger partial charge in [0, 0.05) is 18.6 Å². The van der Waals surface area contributed by atoms with E-state index in [2.05, 4.69) is 40.0 Å². The van der Waals surface area contributed by atoms with E-state index in [-0.39, 0.29) is 12.1 Å². The molecule has 1 aliphatic carbocycles. The summed E-state index contributed by atoms with van der Waals surface area (Å²) in [6, 6.07) is 7.74. The number of aryl methyl sites for hydroxylation is 1. The molecular formula is C25H27ClN4O3. The van der Waals surface area contributed by atoms with Crippen LogP contribution in [0.2, 0.25) is 5.02 Å². The van der Waals surface area contributed by atoms with Gasteiger partial charge in [-0.15, -0.1) is 0 Å². The number of nitrogens with zero attached hydrogens (tertiary/aromatic N) is 3. The van der Waals surface area contributed by atoms with E-state index >= 15 is 0 Å². The van der Waals surface area contributed by atoms with Gasteiger partial charge < -0.3 is 19.6 Å². The largest absolute Gasteiger partial charge is 0.425 e. The van der Waals surface area contributed by atoms with E-state index in [0.717, 1.165) is 49.4 Å². The minimum absolute atomic E-state index is 0.0296. The molecule has 172 valence electrons. The van der Waals surface area contributed by atoms with Crippen LogP contribution in [0.5, 0.6) is 11.8 Å². The summed E-state index contributed by atoms with van der Waals surface area (Å²) in [6.45, 7) is 7.57. The van der Waals surface area contributed by atoms with Gasteiger partial charge in [0.25, 0.3) is 0 Å². The van der Waals surface area contributed by atoms with Crippen molar-refractivity contribution in [2.75, 3.05) is 26.3 Å². The fourth-order valence-corrected chi connectivity index (χ4v) is 4.57. The lowest BCUT2D eigenvalue weighted by Gasteiger charge is -2.42. The monoisotopic (exact) mass is 466 g/mol. The summed E-state index contributed by atoms with van der Waals surface area (Å²) in [7, 11) is 0. The van der Waals surface area contributed by atoms with Gasteiger partial charge in [-0.3, -0.25) is 4.90 Å². The lowest BCUT2D eigenvalue weighted by molar-refractivity contribution is 0.000119. The number of ether oxygens (including phenoxy) is 2. The van der Waals surface area contributed by atoms with Gasteiger partial charge in [0.05, 0.1) is 36.1 Å². The molecule has 2 N–H and O–H groups in total. The number of benzene rings is 1. The number of H-pyrrole nitrogens is 1. The standard InChI is InChI=1S/C25H27ClN4O3/c1-16-3-4-17(15-31)13-21(16)33-24-27-20-14-19(26)22(28-23(20)29-24)18-5-7-25(2,8-6-18)30-9-11-32-12-10-30/h3-7,13-14,31H,8-12,15H2,1-2H3,(H,27,28,29). The lowest BCUT2D eigenvalue weighted by atomic mass is 9.87. The highest BCUT2D eigenvalue weighted by molar-refractivity contribution is 6.32. The van der Waals surface area contributed by atoms with E-state index in [4.69, 9.17) is 26.1 Å². The van der Waals surface area contributed by atoms with E-state index in [1.807, 2.05) is 25.1 Å². The third-order valence-electron chi connectivity index (χ3n) is 6.41. The summed E-state index contributed by atoms with van der Waals surface area (Å²) in [4.78, 5) is 14.8. The molecule has 2 aliphatic rings. The molecule has 1 unspecified atom stereocenters. The van der Waals surface area contributed by atoms with Gasteiger partial charge in [-0.05, 0) is 49.1 Å². The summed E-state index contributed by atoms with van der Waals surface area (Å²) in [5.41, 5.74) is 4.63. The molecule has 7 nitrogen and oxygen atoms in total. The number of halogens is 1. The summed E-state index contributed by atoms with van der Waals surface area (Å²) in [6.07, 6.45) is 7.42. The van der Waals surface area contributed by atoms with Crippen LogP contribution in [0, 0.1) is 6.92 Å². The summed E-state index contributed by atoms with van der Waals surface area (Å²) in [5, 5.41) is 9.96. The van der Waals surface area contributed by atoms with Crippen molar-refractivity contribution in [3.8, 4) is 11.8 Å². The van der Waals surface area contributed by atoms with Crippen molar-refractivity contribution in [3.05, 3.63) is 64.3 Å². The molecule has 1 aromatic carbocycles. The van der Waals surface area contributed by atoms with Crippen LogP contribution in [0.3, 0.4) is 0 Å². The first-order valence-corrected chi connectivity index (χ1v) is 11.5. The van der Waals surface area contributed by atoms with Gasteiger partial charge in [-0.1, -0.05) is 42.0 Å². The molecule has 8 heteroatoms. The topological polar surface area (TPSA) is 83.5 Å². The third kappa shape index (κ3) is 4.42. The fourth-order valence-electron chi connectivity index (χ4n) is 4.31. The van der Waals surface area contributed by atoms with E-state index in [1.54, 1.807) is 6.07 Å². The van der Waals surface area contributed by atoms with Crippen molar-refractivity contribution >= 4 is 28.3 Å². The number of morpholine rings is 1. The van der Waals surface area contributed by atoms with Crippen molar-refractivity contribution in [3.63, 3.8) is 0 Å². The summed E-state index contributed by atoms with van der Waals surface area (Å²) < 4.78 is 11.5. The smallest absolute Gasteiger partial charge is 0.301 e. The maximum Gasteiger partial charge on any atom is 0.301 e. The lowest BCUT2D eigenvalue weighted by Crippen LogP contribution is -2.50. The Morgan fingerprint density at radius 3 is 2.79 bits per heavy atom. The van der Waals surface area contributed by atoms with Gasteiger partial charge in [-0.2, -0.15) is 4.98 Å². The number of allylic oxidation sites excluding steroid dienone is 2. The number of nitrogens with one attached hydrogen (secondary N) is 1. The quantitative estimate of drug-likeness (QED) is 0.570. The predicted octanol–water partition coefficient (Wildman–Crippen LogP) is 4.64. The molecule has 5 rings (SSSR count). The van der Waals surface area contributed by atoms with Crippen molar-refractivity contribution in [2.24, 2.45) is 0 Å². The minimum Gasteiger partial charge on any atom is -0.425 e. The average Bonchev–Trinajstić information content (AvgIpc) is 3.22. The van der Waals surface area contributed by atoms with Crippen LogP contribution in [0.25, 0.3) is 16.7 Å². The highest BCUT2D eigenvalue weighted by Crippen LogP contribution is 2.35. The molecule has 0 saturated carbocycles. The van der Waals surface area contributed by atoms with E-state index in [1.165, 1.54) is 0 Å². The normalized spacial score (nSPS) is 21.4. The first kappa shape index (κ1) is 22.1. The van der Waals surface area contributed by atoms with Crippen molar-refractivity contribution in [1.29, 1.82) is 0 Å². The maximum absolute atomic E-state index is 9.40. The van der Waals surface area contributed by atoms with E-state index < -0.39 is 0 Å². The number of aliphatic hydroxyl groups is 1. The summed E-state index contributed by atoms with van der Waals surface area (Å²) in [5.74, 6) is 0.632. The van der Waals surface area contributed by atoms with Gasteiger partial charge in [0.2, 0.25) is 0 Å². The molecule has 1 saturated heterocycles. The molecule has 3 heterocycles. The molecule has 0 amide bonds. The summed E-state index contributed by atoms with van der Waals surface area (Å²) >= 11 is 6.61. The van der Waals surface area contributed by atoms with Gasteiger partial charge in [0.15, 0.2) is 5.65 Å². The maximum atomic E-state index is 9.40. The van der Waals surface area contributed by atoms with Crippen LogP contribution in [0.4, 0.5) is 0 Å². The molecule has 1 atom stereocenters. The number of pyridine rings is 1. The number of aliphatic hydroxyl groups excluding tert-OH is 1. The third-order valence-corrected chi connectivity index (χ3v) is 6.70. The van der Waals surface area contributed by atoms with E-state index in [9.17, 15) is 5.11 Å². The van der Waals surface area contributed by atoms with Gasteiger partial charge in [0.1, 0.15) is 5.75 Å². The molecule has 0 spiro atoms. The molecule has 0 radical (unpaired) electrons. The van der Waals surface area contributed by atoms with Crippen LogP contribution in [-0.4, -0.2) is 56.8 Å². The Morgan fingerprint density at radius 1 is 1.24 bits per heavy atom. The van der Waals surface area contributed by atoms with Gasteiger partial charge >= 0.3 is 6.01 Å². The second kappa shape index (κ2) is 8.91. The molecular weight excluding hydrogens is 440 g/mol. The molecule has 1 fully saturated rings. The zero-order valence-electron chi connectivity index (χ0n) is 18.8. The highest BCUT2D eigenvalue weighted by Gasteiger charge is 2.31. The van der Waals surface area contributed by atoms with E-state index in [0.29, 0.717) is 33.6 Å². The molecule has 33 heavy (non-hydrogen) atoms. The minimum atomic E-state index is -0.0511. The Morgan fingerprint density at radius 2 is 2.06 bits per heavy atom. The number of hydrogen-bond acceptors (Lipinski definition) is 6. The zero-order valence-corrected chi connectivity index (χ0v) is 19.5. The number of aromatic nitrogens is 3. The Hall–Kier alpha value is -2.71. The van der Waals surface area contributed by atoms with Crippen LogP contribution < -0.4 is 4.74 Å². The Bertz CT molecular complexity index is 1250. The van der Waals surface area contributed by atoms with Crippen molar-refractivity contribution in [2.45, 2.75) is 32.4 Å². The van der Waals surface area contributed by atoms with Crippen molar-refractivity contribution in [1.82, 2.24) is 19.9 Å². The van der Waals surface area contributed by atoms with Crippen molar-refractivity contribution < 1.29 is 14.6 Å². The molecule has 0 bridgehead atoms. The number of fused-ring (bicyclic) bond motifs is 1. The first-order chi connectivity index (χ1) is 15.9. The number of aromatic amines is 1. The molecule has 3 aromatic rings. The Labute approximate surface area is 197 Å². The van der Waals surface area contributed by atoms with Crippen LogP contribution in [0.15, 0.2) is 42.5 Å². The average molecular weight is 467 g/mol. The van der Waals surface area contributed by atoms with Crippen LogP contribution in [0.1, 0.15) is 30.2 Å². The number of hydrogen-bond donors (Lipinski definition) is 2. The number of rotatable bonds is 5. The first-order valence-electron chi connectivity index (χ1n) is 11.1. The SMILES string of the molecule is Cc1ccc(CO)cc1Oc1nc2nc(C3=CCC(C)(N4CCOCC4)C=C3)c(Cl)cc2[nH]1. The fraction of sp³-hybridized carbons (Fsp3) is 0.360. The van der Waals surface area contributed by atoms with Crippen LogP contribution in [-0.2, 0) is 11.3 Å². The molecule has 1 aliphatic heterocycles. The Kier molecular flexibility index (Phi) is 5.97. The van der Waals surface area contributed by atoms with Gasteiger partial charge in [-0.25, -0.2) is 4.98 Å². The zero-order chi connectivity index (χ0) is 23.0. The van der Waals surface area contributed by atoms with Crippen LogP contribution >= 0.6 is 11.6 Å². The Balaban J connectivity index is 1.39. The second-order valence-electron chi connectivity index (χ2n) is 8.75. The highest BCUT2D eigenvalue weighted by atomic mass is 35.5. The second-order valence-corrected chi connectivity index (χ2v) is 9.15. The predicted molar refractivity (Wildman–Crippen MR) is 129 cm³/mol. The molecule has 2 aromatic heterocycles.